The Hall–Kier alpha value is 1.91. The molecule has 0 aliphatic heterocycles. The summed E-state index contributed by atoms with van der Waals surface area (Å²) in [6.07, 6.45) is 19.0. The van der Waals surface area contributed by atoms with Crippen molar-refractivity contribution in [3.05, 3.63) is 0 Å². The summed E-state index contributed by atoms with van der Waals surface area (Å²) in [6.45, 7) is 2.27. The fraction of sp³-hybridized carbons (Fsp3) is 1.00. The molecule has 2 nitrogen and oxygen atoms in total. The normalized spacial score (nSPS) is 11.9. The summed E-state index contributed by atoms with van der Waals surface area (Å²) in [7, 11) is 0. The van der Waals surface area contributed by atoms with Gasteiger partial charge in [-0.3, -0.25) is 9.13 Å². The van der Waals surface area contributed by atoms with E-state index < -0.39 is 11.0 Å². The van der Waals surface area contributed by atoms with Gasteiger partial charge >= 0.3 is 5.20 Å². The van der Waals surface area contributed by atoms with Gasteiger partial charge in [-0.2, -0.15) is 0 Å². The van der Waals surface area contributed by atoms with Crippen molar-refractivity contribution in [2.45, 2.75) is 96.8 Å². The zero-order valence-electron chi connectivity index (χ0n) is 15.2. The van der Waals surface area contributed by atoms with Gasteiger partial charge < -0.3 is 0 Å². The van der Waals surface area contributed by atoms with Crippen LogP contribution < -0.4 is 0 Å². The summed E-state index contributed by atoms with van der Waals surface area (Å²) in [5.41, 5.74) is 0. The van der Waals surface area contributed by atoms with Crippen molar-refractivity contribution >= 4 is 67.3 Å². The van der Waals surface area contributed by atoms with Crippen molar-refractivity contribution in [3.63, 3.8) is 0 Å². The van der Waals surface area contributed by atoms with Crippen molar-refractivity contribution in [2.75, 3.05) is 6.16 Å². The fourth-order valence-corrected chi connectivity index (χ4v) is 3.80. The third-order valence-corrected chi connectivity index (χ3v) is 5.62. The molecule has 0 aliphatic rings. The van der Waals surface area contributed by atoms with Crippen LogP contribution >= 0.6 is 67.3 Å². The van der Waals surface area contributed by atoms with Gasteiger partial charge in [0.05, 0.1) is 0 Å². The summed E-state index contributed by atoms with van der Waals surface area (Å²) in [5.74, 6) is -2.81. The van der Waals surface area contributed by atoms with Crippen molar-refractivity contribution < 1.29 is 9.13 Å². The molecule has 0 amide bonds. The predicted octanol–water partition coefficient (Wildman–Crippen LogP) is 10.9. The van der Waals surface area contributed by atoms with E-state index in [0.717, 1.165) is 12.8 Å². The molecule has 0 saturated heterocycles. The van der Waals surface area contributed by atoms with Crippen LogP contribution in [-0.4, -0.2) is 6.16 Å². The molecule has 0 fully saturated rings. The van der Waals surface area contributed by atoms with E-state index in [2.05, 4.69) is 40.6 Å². The molecule has 0 aromatic rings. The zero-order valence-corrected chi connectivity index (χ0v) is 20.8. The molecule has 0 aromatic carbocycles. The maximum Gasteiger partial charge on any atom is 0.339 e. The van der Waals surface area contributed by atoms with Crippen LogP contribution in [0.2, 0.25) is 0 Å². The van der Waals surface area contributed by atoms with Crippen LogP contribution in [0.3, 0.4) is 0 Å². The number of hydrogen-bond donors (Lipinski definition) is 0. The molecule has 0 spiro atoms. The van der Waals surface area contributed by atoms with E-state index in [0.29, 0.717) is 6.16 Å². The Morgan fingerprint density at radius 1 is 0.520 bits per heavy atom. The minimum absolute atomic E-state index is 0.480. The molecule has 0 saturated carbocycles. The Labute approximate surface area is 178 Å². The lowest BCUT2D eigenvalue weighted by atomic mass is 10.0. The third kappa shape index (κ3) is 41.4. The Morgan fingerprint density at radius 3 is 1.00 bits per heavy atom. The van der Waals surface area contributed by atoms with Gasteiger partial charge in [0.2, 0.25) is 0 Å². The first kappa shape index (κ1) is 29.1. The van der Waals surface area contributed by atoms with Gasteiger partial charge in [-0.15, -0.1) is 0 Å². The number of rotatable bonds is 15. The van der Waals surface area contributed by atoms with Crippen molar-refractivity contribution in [2.24, 2.45) is 0 Å². The topological polar surface area (TPSA) is 34.1 Å². The molecule has 0 atom stereocenters. The molecule has 0 rings (SSSR count). The Morgan fingerprint density at radius 2 is 0.760 bits per heavy atom. The summed E-state index contributed by atoms with van der Waals surface area (Å²) < 4.78 is 20.6. The van der Waals surface area contributed by atoms with Gasteiger partial charge in [0, 0.05) is 6.16 Å². The molecule has 0 aromatic heterocycles. The average molecular weight is 497 g/mol. The Kier molecular flexibility index (Phi) is 22.4. The van der Waals surface area contributed by atoms with Crippen molar-refractivity contribution in [1.82, 2.24) is 0 Å². The molecule has 0 bridgehead atoms. The second-order valence-electron chi connectivity index (χ2n) is 6.29. The lowest BCUT2D eigenvalue weighted by Crippen LogP contribution is -1.84. The molecular formula is C16H33Cl5O2P2. The van der Waals surface area contributed by atoms with E-state index in [4.69, 9.17) is 22.5 Å². The second kappa shape index (κ2) is 19.2. The SMILES string of the molecule is CCCCCCCCCCCCCCCCP(=O)(Cl)Cl.O=P(Cl)(Cl)Cl. The molecule has 0 radical (unpaired) electrons. The molecule has 9 heteroatoms. The molecule has 0 aliphatic carbocycles. The van der Waals surface area contributed by atoms with E-state index in [9.17, 15) is 9.13 Å². The highest BCUT2D eigenvalue weighted by Crippen LogP contribution is 2.61. The molecule has 154 valence electrons. The maximum atomic E-state index is 11.1. The van der Waals surface area contributed by atoms with E-state index in [1.54, 1.807) is 0 Å². The number of halogens is 5. The minimum Gasteiger partial charge on any atom is -0.289 e. The highest BCUT2D eigenvalue weighted by Gasteiger charge is 2.11. The largest absolute Gasteiger partial charge is 0.339 e. The summed E-state index contributed by atoms with van der Waals surface area (Å²) in [4.78, 5) is 0. The highest BCUT2D eigenvalue weighted by molar-refractivity contribution is 8.24. The van der Waals surface area contributed by atoms with Crippen molar-refractivity contribution in [1.29, 1.82) is 0 Å². The molecule has 25 heavy (non-hydrogen) atoms. The fourth-order valence-electron chi connectivity index (χ4n) is 2.49. The van der Waals surface area contributed by atoms with Gasteiger partial charge in [0.25, 0.3) is 5.85 Å². The molecule has 0 heterocycles. The average Bonchev–Trinajstić information content (AvgIpc) is 2.45. The first-order valence-corrected chi connectivity index (χ1v) is 17.4. The van der Waals surface area contributed by atoms with Crippen molar-refractivity contribution in [3.8, 4) is 0 Å². The van der Waals surface area contributed by atoms with E-state index >= 15 is 0 Å². The van der Waals surface area contributed by atoms with Gasteiger partial charge in [0.1, 0.15) is 0 Å². The van der Waals surface area contributed by atoms with Crippen LogP contribution in [0.1, 0.15) is 96.8 Å². The summed E-state index contributed by atoms with van der Waals surface area (Å²) in [6, 6.07) is 0. The van der Waals surface area contributed by atoms with Gasteiger partial charge in [0.15, 0.2) is 0 Å². The summed E-state index contributed by atoms with van der Waals surface area (Å²) >= 11 is 24.9. The minimum atomic E-state index is -3.22. The summed E-state index contributed by atoms with van der Waals surface area (Å²) in [5, 5.41) is -3.22. The van der Waals surface area contributed by atoms with Gasteiger partial charge in [-0.1, -0.05) is 90.4 Å². The van der Waals surface area contributed by atoms with E-state index in [1.165, 1.54) is 77.0 Å². The van der Waals surface area contributed by atoms with Gasteiger partial charge in [-0.25, -0.2) is 0 Å². The molecular weight excluding hydrogens is 463 g/mol. The second-order valence-corrected chi connectivity index (χ2v) is 18.3. The highest BCUT2D eigenvalue weighted by atomic mass is 36.0. The third-order valence-electron chi connectivity index (χ3n) is 3.77. The monoisotopic (exact) mass is 494 g/mol. The smallest absolute Gasteiger partial charge is 0.289 e. The standard InChI is InChI=1S/C16H33Cl2OP.Cl3OP/c1-2-3-4-5-6-7-8-9-10-11-12-13-14-15-16-20(17,18)19;1-5(2,3)4/h2-16H2,1H3;. The maximum absolute atomic E-state index is 11.1. The zero-order chi connectivity index (χ0) is 19.6. The van der Waals surface area contributed by atoms with E-state index in [-0.39, 0.29) is 0 Å². The van der Waals surface area contributed by atoms with Crippen LogP contribution in [0.4, 0.5) is 0 Å². The first-order chi connectivity index (χ1) is 11.6. The first-order valence-electron chi connectivity index (χ1n) is 9.23. The lowest BCUT2D eigenvalue weighted by Gasteiger charge is -2.03. The number of hydrogen-bond acceptors (Lipinski definition) is 2. The van der Waals surface area contributed by atoms with Crippen LogP contribution in [0.5, 0.6) is 0 Å². The molecule has 0 unspecified atom stereocenters. The molecule has 0 N–H and O–H groups in total. The Bertz CT molecular complexity index is 363. The quantitative estimate of drug-likeness (QED) is 0.167. The van der Waals surface area contributed by atoms with Crippen LogP contribution in [0, 0.1) is 0 Å². The lowest BCUT2D eigenvalue weighted by molar-refractivity contribution is 0.537. The van der Waals surface area contributed by atoms with Crippen LogP contribution in [0.25, 0.3) is 0 Å². The number of unbranched alkanes of at least 4 members (excludes halogenated alkanes) is 13. The van der Waals surface area contributed by atoms with E-state index in [1.807, 2.05) is 0 Å². The van der Waals surface area contributed by atoms with Crippen LogP contribution in [0.15, 0.2) is 0 Å². The Balaban J connectivity index is 0. The predicted molar refractivity (Wildman–Crippen MR) is 120 cm³/mol. The van der Waals surface area contributed by atoms with Gasteiger partial charge in [-0.05, 0) is 62.6 Å². The van der Waals surface area contributed by atoms with Crippen LogP contribution in [-0.2, 0) is 9.13 Å².